The lowest BCUT2D eigenvalue weighted by atomic mass is 10.2. The predicted molar refractivity (Wildman–Crippen MR) is 86.5 cm³/mol. The Morgan fingerprint density at radius 3 is 2.71 bits per heavy atom. The zero-order valence-corrected chi connectivity index (χ0v) is 13.4. The number of amides is 1. The second kappa shape index (κ2) is 7.68. The van der Waals surface area contributed by atoms with Gasteiger partial charge in [0.2, 0.25) is 0 Å². The lowest BCUT2D eigenvalue weighted by Gasteiger charge is -2.34. The van der Waals surface area contributed by atoms with Gasteiger partial charge in [-0.25, -0.2) is 5.84 Å². The fraction of sp³-hybridized carbons (Fsp3) is 0.533. The van der Waals surface area contributed by atoms with E-state index >= 15 is 0 Å². The van der Waals surface area contributed by atoms with Gasteiger partial charge in [-0.3, -0.25) is 15.1 Å². The van der Waals surface area contributed by atoms with Crippen molar-refractivity contribution >= 4 is 17.7 Å². The molecule has 2 atom stereocenters. The smallest absolute Gasteiger partial charge is 0.268 e. The maximum absolute atomic E-state index is 11.7. The summed E-state index contributed by atoms with van der Waals surface area (Å²) in [7, 11) is 0. The van der Waals surface area contributed by atoms with Crippen LogP contribution in [0.25, 0.3) is 0 Å². The molecule has 1 aromatic carbocycles. The number of nitrogens with two attached hydrogens (primary N) is 1. The summed E-state index contributed by atoms with van der Waals surface area (Å²) >= 11 is 2.03. The number of benzene rings is 1. The van der Waals surface area contributed by atoms with E-state index in [4.69, 9.17) is 10.6 Å². The van der Waals surface area contributed by atoms with E-state index < -0.39 is 0 Å². The second-order valence-electron chi connectivity index (χ2n) is 5.33. The molecule has 1 amide bonds. The van der Waals surface area contributed by atoms with Gasteiger partial charge >= 0.3 is 0 Å². The summed E-state index contributed by atoms with van der Waals surface area (Å²) in [6.45, 7) is 8.13. The normalized spacial score (nSPS) is 22.8. The molecule has 3 N–H and O–H groups in total. The highest BCUT2D eigenvalue weighted by Gasteiger charge is 2.22. The molecular formula is C15H23N3O2S. The Morgan fingerprint density at radius 1 is 1.38 bits per heavy atom. The molecule has 1 heterocycles. The Labute approximate surface area is 130 Å². The highest BCUT2D eigenvalue weighted by molar-refractivity contribution is 8.00. The highest BCUT2D eigenvalue weighted by Crippen LogP contribution is 2.24. The van der Waals surface area contributed by atoms with Crippen molar-refractivity contribution in [1.82, 2.24) is 10.3 Å². The van der Waals surface area contributed by atoms with Crippen molar-refractivity contribution in [1.29, 1.82) is 0 Å². The number of hydrazine groups is 1. The molecule has 0 saturated carbocycles. The van der Waals surface area contributed by atoms with Crippen LogP contribution in [0, 0.1) is 0 Å². The molecule has 1 aliphatic heterocycles. The van der Waals surface area contributed by atoms with Gasteiger partial charge in [-0.1, -0.05) is 26.0 Å². The molecular weight excluding hydrogens is 286 g/mol. The van der Waals surface area contributed by atoms with E-state index in [9.17, 15) is 4.79 Å². The van der Waals surface area contributed by atoms with Crippen molar-refractivity contribution in [2.45, 2.75) is 24.3 Å². The third kappa shape index (κ3) is 4.62. The van der Waals surface area contributed by atoms with Gasteiger partial charge in [0.05, 0.1) is 5.56 Å². The number of hydrogen-bond donors (Lipinski definition) is 2. The van der Waals surface area contributed by atoms with Crippen LogP contribution in [0.3, 0.4) is 0 Å². The van der Waals surface area contributed by atoms with Crippen molar-refractivity contribution in [2.75, 3.05) is 26.2 Å². The predicted octanol–water partition coefficient (Wildman–Crippen LogP) is 1.49. The number of nitrogens with one attached hydrogen (secondary N) is 1. The van der Waals surface area contributed by atoms with Crippen LogP contribution in [0.1, 0.15) is 24.2 Å². The minimum atomic E-state index is -0.331. The molecule has 1 saturated heterocycles. The molecule has 1 fully saturated rings. The van der Waals surface area contributed by atoms with Crippen LogP contribution in [0.15, 0.2) is 24.3 Å². The minimum Gasteiger partial charge on any atom is -0.491 e. The van der Waals surface area contributed by atoms with Gasteiger partial charge < -0.3 is 4.74 Å². The van der Waals surface area contributed by atoms with Crippen molar-refractivity contribution in [2.24, 2.45) is 5.84 Å². The fourth-order valence-corrected chi connectivity index (χ4v) is 4.00. The van der Waals surface area contributed by atoms with Gasteiger partial charge in [-0.05, 0) is 12.1 Å². The van der Waals surface area contributed by atoms with E-state index in [1.165, 1.54) is 0 Å². The summed E-state index contributed by atoms with van der Waals surface area (Å²) in [6, 6.07) is 7.15. The van der Waals surface area contributed by atoms with Crippen LogP contribution in [0.5, 0.6) is 5.75 Å². The van der Waals surface area contributed by atoms with Crippen LogP contribution >= 0.6 is 11.8 Å². The van der Waals surface area contributed by atoms with Gasteiger partial charge in [0.25, 0.3) is 5.91 Å². The molecule has 2 unspecified atom stereocenters. The van der Waals surface area contributed by atoms with E-state index in [2.05, 4.69) is 24.2 Å². The van der Waals surface area contributed by atoms with Crippen LogP contribution in [-0.2, 0) is 0 Å². The van der Waals surface area contributed by atoms with Gasteiger partial charge in [-0.2, -0.15) is 11.8 Å². The van der Waals surface area contributed by atoms with Crippen LogP contribution in [0.4, 0.5) is 0 Å². The molecule has 0 aromatic heterocycles. The maximum Gasteiger partial charge on any atom is 0.268 e. The number of carbonyl (C=O) groups excluding carboxylic acids is 1. The fourth-order valence-electron chi connectivity index (χ4n) is 2.61. The van der Waals surface area contributed by atoms with Crippen molar-refractivity contribution in [3.8, 4) is 5.75 Å². The number of hydrogen-bond acceptors (Lipinski definition) is 5. The summed E-state index contributed by atoms with van der Waals surface area (Å²) in [5, 5.41) is 1.31. The Hall–Kier alpha value is -1.24. The quantitative estimate of drug-likeness (QED) is 0.490. The molecule has 116 valence electrons. The molecule has 5 nitrogen and oxygen atoms in total. The van der Waals surface area contributed by atoms with Crippen LogP contribution in [0.2, 0.25) is 0 Å². The van der Waals surface area contributed by atoms with E-state index in [1.54, 1.807) is 18.2 Å². The molecule has 1 aromatic rings. The third-order valence-corrected chi connectivity index (χ3v) is 4.65. The summed E-state index contributed by atoms with van der Waals surface area (Å²) in [5.74, 6) is 5.43. The number of carbonyl (C=O) groups is 1. The Kier molecular flexibility index (Phi) is 5.90. The topological polar surface area (TPSA) is 67.6 Å². The van der Waals surface area contributed by atoms with E-state index in [-0.39, 0.29) is 5.91 Å². The first-order valence-corrected chi connectivity index (χ1v) is 8.15. The highest BCUT2D eigenvalue weighted by atomic mass is 32.2. The molecule has 6 heteroatoms. The molecule has 0 bridgehead atoms. The number of ether oxygens (including phenoxy) is 1. The largest absolute Gasteiger partial charge is 0.491 e. The lowest BCUT2D eigenvalue weighted by molar-refractivity contribution is 0.0948. The summed E-state index contributed by atoms with van der Waals surface area (Å²) < 4.78 is 5.77. The molecule has 0 radical (unpaired) electrons. The first-order valence-electron chi connectivity index (χ1n) is 7.20. The van der Waals surface area contributed by atoms with Gasteiger partial charge in [0.15, 0.2) is 0 Å². The summed E-state index contributed by atoms with van der Waals surface area (Å²) in [4.78, 5) is 14.1. The SMILES string of the molecule is CC1CN(CCOc2ccccc2C(=O)NN)CC(C)S1. The van der Waals surface area contributed by atoms with Gasteiger partial charge in [0, 0.05) is 30.1 Å². The average molecular weight is 309 g/mol. The Morgan fingerprint density at radius 2 is 2.05 bits per heavy atom. The number of nitrogen functional groups attached to an aromatic ring is 1. The van der Waals surface area contributed by atoms with E-state index in [1.807, 2.05) is 17.8 Å². The molecule has 2 rings (SSSR count). The Bertz CT molecular complexity index is 474. The standard InChI is InChI=1S/C15H23N3O2S/c1-11-9-18(10-12(2)21-11)7-8-20-14-6-4-3-5-13(14)15(19)17-16/h3-6,11-12H,7-10,16H2,1-2H3,(H,17,19). The van der Waals surface area contributed by atoms with E-state index in [0.29, 0.717) is 28.4 Å². The van der Waals surface area contributed by atoms with Crippen LogP contribution < -0.4 is 16.0 Å². The van der Waals surface area contributed by atoms with Gasteiger partial charge in [-0.15, -0.1) is 0 Å². The molecule has 1 aliphatic rings. The number of nitrogens with zero attached hydrogens (tertiary/aromatic N) is 1. The first-order chi connectivity index (χ1) is 10.1. The monoisotopic (exact) mass is 309 g/mol. The second-order valence-corrected chi connectivity index (χ2v) is 7.22. The van der Waals surface area contributed by atoms with E-state index in [0.717, 1.165) is 19.6 Å². The first kappa shape index (κ1) is 16.1. The number of para-hydroxylation sites is 1. The Balaban J connectivity index is 1.87. The summed E-state index contributed by atoms with van der Waals surface area (Å²) in [5.41, 5.74) is 2.61. The average Bonchev–Trinajstić information content (AvgIpc) is 2.46. The summed E-state index contributed by atoms with van der Waals surface area (Å²) in [6.07, 6.45) is 0. The maximum atomic E-state index is 11.7. The molecule has 0 aliphatic carbocycles. The lowest BCUT2D eigenvalue weighted by Crippen LogP contribution is -2.42. The minimum absolute atomic E-state index is 0.331. The van der Waals surface area contributed by atoms with Crippen molar-refractivity contribution in [3.05, 3.63) is 29.8 Å². The third-order valence-electron chi connectivity index (χ3n) is 3.42. The van der Waals surface area contributed by atoms with Gasteiger partial charge in [0.1, 0.15) is 12.4 Å². The number of rotatable bonds is 5. The van der Waals surface area contributed by atoms with Crippen molar-refractivity contribution in [3.63, 3.8) is 0 Å². The van der Waals surface area contributed by atoms with Crippen LogP contribution in [-0.4, -0.2) is 47.5 Å². The zero-order chi connectivity index (χ0) is 15.2. The molecule has 0 spiro atoms. The molecule has 21 heavy (non-hydrogen) atoms. The van der Waals surface area contributed by atoms with Crippen molar-refractivity contribution < 1.29 is 9.53 Å². The zero-order valence-electron chi connectivity index (χ0n) is 12.5. The number of thioether (sulfide) groups is 1.